The van der Waals surface area contributed by atoms with E-state index in [-0.39, 0.29) is 5.91 Å². The topological polar surface area (TPSA) is 73.4 Å². The molecule has 5 nitrogen and oxygen atoms in total. The van der Waals surface area contributed by atoms with Gasteiger partial charge in [0.25, 0.3) is 5.91 Å². The van der Waals surface area contributed by atoms with E-state index in [1.807, 2.05) is 13.0 Å². The van der Waals surface area contributed by atoms with Crippen LogP contribution < -0.4 is 0 Å². The van der Waals surface area contributed by atoms with Gasteiger partial charge in [0, 0.05) is 12.2 Å². The molecule has 1 amide bonds. The van der Waals surface area contributed by atoms with Crippen LogP contribution in [0.4, 0.5) is 0 Å². The summed E-state index contributed by atoms with van der Waals surface area (Å²) in [5, 5.41) is 9.15. The standard InChI is InChI=1S/C13H18N2O3/c1-2-9-6-7-10(14-9)12(16)15-8-4-3-5-11(15)13(17)18/h6-7,11,14H,2-5,8H2,1H3,(H,17,18). The van der Waals surface area contributed by atoms with Crippen LogP contribution >= 0.6 is 0 Å². The summed E-state index contributed by atoms with van der Waals surface area (Å²) in [5.74, 6) is -1.12. The number of aromatic nitrogens is 1. The number of nitrogens with one attached hydrogen (secondary N) is 1. The minimum Gasteiger partial charge on any atom is -0.480 e. The van der Waals surface area contributed by atoms with Crippen molar-refractivity contribution in [2.75, 3.05) is 6.54 Å². The van der Waals surface area contributed by atoms with Gasteiger partial charge in [-0.1, -0.05) is 6.92 Å². The van der Waals surface area contributed by atoms with E-state index in [0.717, 1.165) is 25.0 Å². The predicted molar refractivity (Wildman–Crippen MR) is 66.5 cm³/mol. The average Bonchev–Trinajstić information content (AvgIpc) is 2.86. The number of H-pyrrole nitrogens is 1. The van der Waals surface area contributed by atoms with E-state index < -0.39 is 12.0 Å². The van der Waals surface area contributed by atoms with Gasteiger partial charge in [-0.3, -0.25) is 4.79 Å². The van der Waals surface area contributed by atoms with Crippen LogP contribution in [-0.4, -0.2) is 39.5 Å². The van der Waals surface area contributed by atoms with Crippen molar-refractivity contribution in [2.24, 2.45) is 0 Å². The van der Waals surface area contributed by atoms with Gasteiger partial charge in [-0.2, -0.15) is 0 Å². The summed E-state index contributed by atoms with van der Waals surface area (Å²) in [6.45, 7) is 2.53. The van der Waals surface area contributed by atoms with Gasteiger partial charge in [0.1, 0.15) is 11.7 Å². The van der Waals surface area contributed by atoms with Crippen LogP contribution in [0.3, 0.4) is 0 Å². The molecule has 0 aliphatic carbocycles. The fourth-order valence-electron chi connectivity index (χ4n) is 2.36. The molecule has 18 heavy (non-hydrogen) atoms. The number of carbonyl (C=O) groups is 2. The Hall–Kier alpha value is -1.78. The Labute approximate surface area is 106 Å². The van der Waals surface area contributed by atoms with Crippen molar-refractivity contribution in [3.05, 3.63) is 23.5 Å². The molecule has 2 N–H and O–H groups in total. The smallest absolute Gasteiger partial charge is 0.326 e. The monoisotopic (exact) mass is 250 g/mol. The Morgan fingerprint density at radius 1 is 1.44 bits per heavy atom. The molecule has 2 heterocycles. The number of rotatable bonds is 3. The Morgan fingerprint density at radius 2 is 2.22 bits per heavy atom. The number of aryl methyl sites for hydroxylation is 1. The number of piperidine rings is 1. The van der Waals surface area contributed by atoms with Gasteiger partial charge in [0.05, 0.1) is 0 Å². The summed E-state index contributed by atoms with van der Waals surface area (Å²) in [4.78, 5) is 27.9. The molecule has 0 radical (unpaired) electrons. The van der Waals surface area contributed by atoms with Crippen molar-refractivity contribution < 1.29 is 14.7 Å². The van der Waals surface area contributed by atoms with Crippen molar-refractivity contribution in [1.29, 1.82) is 0 Å². The Morgan fingerprint density at radius 3 is 2.83 bits per heavy atom. The first-order valence-corrected chi connectivity index (χ1v) is 6.35. The van der Waals surface area contributed by atoms with Crippen molar-refractivity contribution in [3.63, 3.8) is 0 Å². The molecule has 1 aliphatic heterocycles. The van der Waals surface area contributed by atoms with Crippen molar-refractivity contribution in [3.8, 4) is 0 Å². The third kappa shape index (κ3) is 2.39. The van der Waals surface area contributed by atoms with Crippen molar-refractivity contribution in [2.45, 2.75) is 38.6 Å². The molecule has 1 atom stereocenters. The lowest BCUT2D eigenvalue weighted by Crippen LogP contribution is -2.48. The summed E-state index contributed by atoms with van der Waals surface area (Å²) in [7, 11) is 0. The second-order valence-corrected chi connectivity index (χ2v) is 4.60. The summed E-state index contributed by atoms with van der Waals surface area (Å²) in [6, 6.07) is 2.92. The highest BCUT2D eigenvalue weighted by molar-refractivity contribution is 5.95. The second kappa shape index (κ2) is 5.25. The second-order valence-electron chi connectivity index (χ2n) is 4.60. The number of aromatic amines is 1. The van der Waals surface area contributed by atoms with Gasteiger partial charge >= 0.3 is 5.97 Å². The Bertz CT molecular complexity index is 453. The quantitative estimate of drug-likeness (QED) is 0.856. The molecule has 0 saturated carbocycles. The number of likely N-dealkylation sites (tertiary alicyclic amines) is 1. The maximum atomic E-state index is 12.3. The van der Waals surface area contributed by atoms with Crippen LogP contribution in [0.1, 0.15) is 42.4 Å². The zero-order valence-corrected chi connectivity index (χ0v) is 10.5. The first kappa shape index (κ1) is 12.7. The van der Waals surface area contributed by atoms with Crippen LogP contribution in [0.5, 0.6) is 0 Å². The highest BCUT2D eigenvalue weighted by Crippen LogP contribution is 2.19. The molecule has 1 saturated heterocycles. The van der Waals surface area contributed by atoms with E-state index >= 15 is 0 Å². The highest BCUT2D eigenvalue weighted by Gasteiger charge is 2.32. The molecule has 1 aliphatic rings. The number of hydrogen-bond acceptors (Lipinski definition) is 2. The van der Waals surface area contributed by atoms with E-state index in [9.17, 15) is 9.59 Å². The number of carboxylic acid groups (broad SMARTS) is 1. The largest absolute Gasteiger partial charge is 0.480 e. The maximum absolute atomic E-state index is 12.3. The van der Waals surface area contributed by atoms with E-state index in [0.29, 0.717) is 18.7 Å². The first-order valence-electron chi connectivity index (χ1n) is 6.35. The Balaban J connectivity index is 2.17. The lowest BCUT2D eigenvalue weighted by molar-refractivity contribution is -0.143. The number of carbonyl (C=O) groups excluding carboxylic acids is 1. The zero-order chi connectivity index (χ0) is 13.1. The van der Waals surface area contributed by atoms with Crippen LogP contribution in [0, 0.1) is 0 Å². The molecule has 2 rings (SSSR count). The minimum atomic E-state index is -0.912. The van der Waals surface area contributed by atoms with Gasteiger partial charge in [-0.05, 0) is 37.8 Å². The van der Waals surface area contributed by atoms with E-state index in [2.05, 4.69) is 4.98 Å². The van der Waals surface area contributed by atoms with E-state index in [1.165, 1.54) is 4.90 Å². The number of hydrogen-bond donors (Lipinski definition) is 2. The molecular formula is C13H18N2O3. The number of nitrogens with zero attached hydrogens (tertiary/aromatic N) is 1. The molecule has 5 heteroatoms. The summed E-state index contributed by atoms with van der Waals surface area (Å²) in [5.41, 5.74) is 1.47. The molecule has 1 fully saturated rings. The van der Waals surface area contributed by atoms with Gasteiger partial charge in [-0.15, -0.1) is 0 Å². The molecule has 1 aromatic heterocycles. The third-order valence-electron chi connectivity index (χ3n) is 3.41. The molecule has 0 spiro atoms. The number of carboxylic acids is 1. The van der Waals surface area contributed by atoms with Crippen LogP contribution in [0.15, 0.2) is 12.1 Å². The fourth-order valence-corrected chi connectivity index (χ4v) is 2.36. The minimum absolute atomic E-state index is 0.207. The fraction of sp³-hybridized carbons (Fsp3) is 0.538. The van der Waals surface area contributed by atoms with Crippen LogP contribution in [0.2, 0.25) is 0 Å². The molecular weight excluding hydrogens is 232 g/mol. The Kier molecular flexibility index (Phi) is 3.69. The molecule has 0 bridgehead atoms. The van der Waals surface area contributed by atoms with Gasteiger partial charge in [0.15, 0.2) is 0 Å². The average molecular weight is 250 g/mol. The first-order chi connectivity index (χ1) is 8.63. The number of amides is 1. The lowest BCUT2D eigenvalue weighted by Gasteiger charge is -2.32. The van der Waals surface area contributed by atoms with E-state index in [4.69, 9.17) is 5.11 Å². The summed E-state index contributed by atoms with van der Waals surface area (Å²) >= 11 is 0. The third-order valence-corrected chi connectivity index (χ3v) is 3.41. The van der Waals surface area contributed by atoms with Crippen LogP contribution in [0.25, 0.3) is 0 Å². The van der Waals surface area contributed by atoms with Crippen LogP contribution in [-0.2, 0) is 11.2 Å². The maximum Gasteiger partial charge on any atom is 0.326 e. The van der Waals surface area contributed by atoms with Crippen molar-refractivity contribution in [1.82, 2.24) is 9.88 Å². The van der Waals surface area contributed by atoms with Gasteiger partial charge in [-0.25, -0.2) is 4.79 Å². The molecule has 1 aromatic rings. The predicted octanol–water partition coefficient (Wildman–Crippen LogP) is 1.66. The SMILES string of the molecule is CCc1ccc(C(=O)N2CCCCC2C(=O)O)[nH]1. The van der Waals surface area contributed by atoms with E-state index in [1.54, 1.807) is 6.07 Å². The highest BCUT2D eigenvalue weighted by atomic mass is 16.4. The van der Waals surface area contributed by atoms with Gasteiger partial charge in [0.2, 0.25) is 0 Å². The molecule has 0 aromatic carbocycles. The number of aliphatic carboxylic acids is 1. The summed E-state index contributed by atoms with van der Waals surface area (Å²) < 4.78 is 0. The van der Waals surface area contributed by atoms with Gasteiger partial charge < -0.3 is 15.0 Å². The summed E-state index contributed by atoms with van der Waals surface area (Å²) in [6.07, 6.45) is 3.11. The zero-order valence-electron chi connectivity index (χ0n) is 10.5. The molecule has 1 unspecified atom stereocenters. The lowest BCUT2D eigenvalue weighted by atomic mass is 10.0. The normalized spacial score (nSPS) is 19.8. The van der Waals surface area contributed by atoms with Crippen molar-refractivity contribution >= 4 is 11.9 Å². The molecule has 98 valence electrons.